The van der Waals surface area contributed by atoms with Gasteiger partial charge in [0.15, 0.2) is 0 Å². The van der Waals surface area contributed by atoms with Crippen LogP contribution in [0, 0.1) is 0 Å². The lowest BCUT2D eigenvalue weighted by Gasteiger charge is -2.22. The van der Waals surface area contributed by atoms with Crippen LogP contribution in [0.2, 0.25) is 0 Å². The summed E-state index contributed by atoms with van der Waals surface area (Å²) in [7, 11) is 0. The van der Waals surface area contributed by atoms with Crippen molar-refractivity contribution in [2.45, 2.75) is 18.5 Å². The van der Waals surface area contributed by atoms with Gasteiger partial charge in [0.25, 0.3) is 5.91 Å². The standard InChI is InChI=1S/C17H19N5O4/c18-7-15(23)22-9-12(20-16(24)11-4-2-1-3-5-11)6-14(22)17(25)21-13-8-19-26-10-13/h1-5,8,10,12,14H,6-7,9,18H2,(H,20,24)(H,21,25). The highest BCUT2D eigenvalue weighted by atomic mass is 16.5. The van der Waals surface area contributed by atoms with Crippen LogP contribution in [0.4, 0.5) is 5.69 Å². The van der Waals surface area contributed by atoms with Crippen molar-refractivity contribution in [3.63, 3.8) is 0 Å². The van der Waals surface area contributed by atoms with Gasteiger partial charge in [0.2, 0.25) is 11.8 Å². The second kappa shape index (κ2) is 7.79. The predicted octanol–water partition coefficient (Wildman–Crippen LogP) is -0.0287. The molecule has 0 aliphatic carbocycles. The van der Waals surface area contributed by atoms with Crippen LogP contribution < -0.4 is 16.4 Å². The van der Waals surface area contributed by atoms with Gasteiger partial charge in [-0.2, -0.15) is 0 Å². The van der Waals surface area contributed by atoms with Crippen LogP contribution in [0.1, 0.15) is 16.8 Å². The molecular formula is C17H19N5O4. The number of amides is 3. The number of nitrogens with one attached hydrogen (secondary N) is 2. The molecule has 0 saturated carbocycles. The fourth-order valence-electron chi connectivity index (χ4n) is 2.93. The molecule has 26 heavy (non-hydrogen) atoms. The summed E-state index contributed by atoms with van der Waals surface area (Å²) >= 11 is 0. The van der Waals surface area contributed by atoms with E-state index in [0.717, 1.165) is 0 Å². The van der Waals surface area contributed by atoms with Gasteiger partial charge in [-0.15, -0.1) is 0 Å². The number of nitrogens with zero attached hydrogens (tertiary/aromatic N) is 2. The van der Waals surface area contributed by atoms with E-state index in [-0.39, 0.29) is 36.9 Å². The zero-order valence-electron chi connectivity index (χ0n) is 13.9. The van der Waals surface area contributed by atoms with Crippen molar-refractivity contribution in [1.82, 2.24) is 15.4 Å². The van der Waals surface area contributed by atoms with Crippen molar-refractivity contribution in [2.24, 2.45) is 5.73 Å². The number of nitrogens with two attached hydrogens (primary N) is 1. The first kappa shape index (κ1) is 17.6. The highest BCUT2D eigenvalue weighted by Crippen LogP contribution is 2.20. The minimum Gasteiger partial charge on any atom is -0.363 e. The Morgan fingerprint density at radius 2 is 2.04 bits per heavy atom. The number of carbonyl (C=O) groups is 3. The quantitative estimate of drug-likeness (QED) is 0.689. The number of carbonyl (C=O) groups excluding carboxylic acids is 3. The van der Waals surface area contributed by atoms with E-state index in [2.05, 4.69) is 20.3 Å². The second-order valence-electron chi connectivity index (χ2n) is 5.94. The van der Waals surface area contributed by atoms with E-state index in [4.69, 9.17) is 5.73 Å². The van der Waals surface area contributed by atoms with Gasteiger partial charge in [-0.1, -0.05) is 23.4 Å². The Morgan fingerprint density at radius 1 is 1.27 bits per heavy atom. The molecule has 2 heterocycles. The van der Waals surface area contributed by atoms with Crippen molar-refractivity contribution in [2.75, 3.05) is 18.4 Å². The van der Waals surface area contributed by atoms with Crippen molar-refractivity contribution < 1.29 is 18.9 Å². The number of anilines is 1. The minimum atomic E-state index is -0.734. The second-order valence-corrected chi connectivity index (χ2v) is 5.94. The summed E-state index contributed by atoms with van der Waals surface area (Å²) in [5.41, 5.74) is 6.36. The fourth-order valence-corrected chi connectivity index (χ4v) is 2.93. The lowest BCUT2D eigenvalue weighted by atomic mass is 10.1. The third-order valence-corrected chi connectivity index (χ3v) is 4.17. The maximum absolute atomic E-state index is 12.5. The Bertz CT molecular complexity index is 778. The highest BCUT2D eigenvalue weighted by molar-refractivity contribution is 5.98. The zero-order valence-corrected chi connectivity index (χ0v) is 13.9. The number of likely N-dealkylation sites (tertiary alicyclic amines) is 1. The SMILES string of the molecule is NCC(=O)N1CC(NC(=O)c2ccccc2)CC1C(=O)Nc1cnoc1. The lowest BCUT2D eigenvalue weighted by molar-refractivity contribution is -0.135. The summed E-state index contributed by atoms with van der Waals surface area (Å²) in [5.74, 6) is -0.991. The molecule has 0 radical (unpaired) electrons. The Labute approximate surface area is 149 Å². The molecule has 1 aromatic carbocycles. The normalized spacial score (nSPS) is 19.2. The molecule has 2 atom stereocenters. The van der Waals surface area contributed by atoms with Crippen molar-refractivity contribution in [3.8, 4) is 0 Å². The van der Waals surface area contributed by atoms with Crippen LogP contribution in [0.25, 0.3) is 0 Å². The maximum Gasteiger partial charge on any atom is 0.251 e. The topological polar surface area (TPSA) is 131 Å². The van der Waals surface area contributed by atoms with Crippen LogP contribution in [-0.4, -0.2) is 53.0 Å². The summed E-state index contributed by atoms with van der Waals surface area (Å²) in [6.07, 6.45) is 2.94. The van der Waals surface area contributed by atoms with E-state index < -0.39 is 6.04 Å². The van der Waals surface area contributed by atoms with Gasteiger partial charge in [0.1, 0.15) is 18.0 Å². The van der Waals surface area contributed by atoms with E-state index in [0.29, 0.717) is 17.7 Å². The first-order valence-corrected chi connectivity index (χ1v) is 8.14. The molecule has 2 unspecified atom stereocenters. The molecule has 3 amide bonds. The molecule has 1 aliphatic rings. The molecule has 1 aromatic heterocycles. The van der Waals surface area contributed by atoms with E-state index in [1.807, 2.05) is 6.07 Å². The molecule has 9 heteroatoms. The Balaban J connectivity index is 1.69. The number of benzene rings is 1. The van der Waals surface area contributed by atoms with Gasteiger partial charge in [-0.05, 0) is 18.6 Å². The van der Waals surface area contributed by atoms with Crippen molar-refractivity contribution >= 4 is 23.4 Å². The summed E-state index contributed by atoms with van der Waals surface area (Å²) in [4.78, 5) is 38.3. The molecule has 1 fully saturated rings. The fraction of sp³-hybridized carbons (Fsp3) is 0.294. The molecule has 1 aliphatic heterocycles. The highest BCUT2D eigenvalue weighted by Gasteiger charge is 2.39. The molecule has 136 valence electrons. The third kappa shape index (κ3) is 3.89. The smallest absolute Gasteiger partial charge is 0.251 e. The van der Waals surface area contributed by atoms with E-state index >= 15 is 0 Å². The molecule has 3 rings (SSSR count). The number of aromatic nitrogens is 1. The van der Waals surface area contributed by atoms with Crippen molar-refractivity contribution in [3.05, 3.63) is 48.4 Å². The predicted molar refractivity (Wildman–Crippen MR) is 92.0 cm³/mol. The molecule has 0 bridgehead atoms. The summed E-state index contributed by atoms with van der Waals surface area (Å²) < 4.78 is 4.67. The van der Waals surface area contributed by atoms with Crippen LogP contribution in [0.15, 0.2) is 47.3 Å². The Morgan fingerprint density at radius 3 is 2.69 bits per heavy atom. The van der Waals surface area contributed by atoms with Gasteiger partial charge >= 0.3 is 0 Å². The maximum atomic E-state index is 12.5. The third-order valence-electron chi connectivity index (χ3n) is 4.17. The summed E-state index contributed by atoms with van der Waals surface area (Å²) in [6, 6.07) is 7.66. The number of hydrogen-bond acceptors (Lipinski definition) is 6. The largest absolute Gasteiger partial charge is 0.363 e. The van der Waals surface area contributed by atoms with E-state index in [1.54, 1.807) is 24.3 Å². The number of rotatable bonds is 5. The molecular weight excluding hydrogens is 338 g/mol. The number of hydrogen-bond donors (Lipinski definition) is 3. The van der Waals surface area contributed by atoms with Gasteiger partial charge in [-0.25, -0.2) is 0 Å². The van der Waals surface area contributed by atoms with Crippen LogP contribution >= 0.6 is 0 Å². The first-order chi connectivity index (χ1) is 12.6. The minimum absolute atomic E-state index is 0.212. The van der Waals surface area contributed by atoms with Crippen LogP contribution in [0.5, 0.6) is 0 Å². The molecule has 0 spiro atoms. The van der Waals surface area contributed by atoms with Crippen LogP contribution in [0.3, 0.4) is 0 Å². The van der Waals surface area contributed by atoms with Gasteiger partial charge < -0.3 is 25.8 Å². The van der Waals surface area contributed by atoms with Gasteiger partial charge in [0.05, 0.1) is 12.7 Å². The van der Waals surface area contributed by atoms with Crippen LogP contribution in [-0.2, 0) is 9.59 Å². The average molecular weight is 357 g/mol. The Kier molecular flexibility index (Phi) is 5.28. The summed E-state index contributed by atoms with van der Waals surface area (Å²) in [6.45, 7) is 0.00667. The molecule has 9 nitrogen and oxygen atoms in total. The summed E-state index contributed by atoms with van der Waals surface area (Å²) in [5, 5.41) is 9.01. The molecule has 2 aromatic rings. The van der Waals surface area contributed by atoms with Gasteiger partial charge in [0, 0.05) is 18.2 Å². The Hall–Kier alpha value is -3.20. The molecule has 1 saturated heterocycles. The van der Waals surface area contributed by atoms with Gasteiger partial charge in [-0.3, -0.25) is 14.4 Å². The van der Waals surface area contributed by atoms with E-state index in [9.17, 15) is 14.4 Å². The van der Waals surface area contributed by atoms with Crippen molar-refractivity contribution in [1.29, 1.82) is 0 Å². The van der Waals surface area contributed by atoms with E-state index in [1.165, 1.54) is 17.4 Å². The first-order valence-electron chi connectivity index (χ1n) is 8.14. The zero-order chi connectivity index (χ0) is 18.5. The lowest BCUT2D eigenvalue weighted by Crippen LogP contribution is -2.46. The molecule has 4 N–H and O–H groups in total. The average Bonchev–Trinajstić information content (AvgIpc) is 3.31. The monoisotopic (exact) mass is 357 g/mol.